The monoisotopic (exact) mass is 304 g/mol. The van der Waals surface area contributed by atoms with Crippen molar-refractivity contribution in [3.8, 4) is 0 Å². The largest absolute Gasteiger partial charge is 0.469 e. The SMILES string of the molecule is COC(=O)C(C)CN(C)S(=O)(=O)c1cccc(F)c1N. The van der Waals surface area contributed by atoms with Crippen molar-refractivity contribution in [3.63, 3.8) is 0 Å². The molecule has 8 heteroatoms. The fraction of sp³-hybridized carbons (Fsp3) is 0.417. The molecule has 0 saturated carbocycles. The maximum Gasteiger partial charge on any atom is 0.309 e. The molecule has 1 unspecified atom stereocenters. The van der Waals surface area contributed by atoms with Gasteiger partial charge in [-0.25, -0.2) is 17.1 Å². The van der Waals surface area contributed by atoms with Gasteiger partial charge in [0.05, 0.1) is 18.7 Å². The number of nitrogens with zero attached hydrogens (tertiary/aromatic N) is 1. The maximum absolute atomic E-state index is 13.3. The number of carbonyl (C=O) groups is 1. The molecule has 112 valence electrons. The van der Waals surface area contributed by atoms with Crippen LogP contribution in [0.1, 0.15) is 6.92 Å². The number of nitrogens with two attached hydrogens (primary N) is 1. The first-order valence-electron chi connectivity index (χ1n) is 5.80. The summed E-state index contributed by atoms with van der Waals surface area (Å²) in [4.78, 5) is 11.0. The third kappa shape index (κ3) is 3.26. The van der Waals surface area contributed by atoms with Gasteiger partial charge in [-0.2, -0.15) is 0 Å². The first-order chi connectivity index (χ1) is 9.21. The summed E-state index contributed by atoms with van der Waals surface area (Å²) in [6.45, 7) is 1.44. The highest BCUT2D eigenvalue weighted by Gasteiger charge is 2.27. The van der Waals surface area contributed by atoms with Crippen molar-refractivity contribution in [2.75, 3.05) is 26.4 Å². The van der Waals surface area contributed by atoms with Gasteiger partial charge in [-0.3, -0.25) is 4.79 Å². The van der Waals surface area contributed by atoms with Crippen LogP contribution < -0.4 is 5.73 Å². The summed E-state index contributed by atoms with van der Waals surface area (Å²) < 4.78 is 43.4. The van der Waals surface area contributed by atoms with Gasteiger partial charge in [0, 0.05) is 13.6 Å². The van der Waals surface area contributed by atoms with E-state index in [1.807, 2.05) is 0 Å². The second-order valence-electron chi connectivity index (χ2n) is 4.36. The second kappa shape index (κ2) is 6.19. The first kappa shape index (κ1) is 16.4. The summed E-state index contributed by atoms with van der Waals surface area (Å²) in [5.41, 5.74) is 5.01. The van der Waals surface area contributed by atoms with Crippen LogP contribution in [0, 0.1) is 11.7 Å². The zero-order valence-corrected chi connectivity index (χ0v) is 12.3. The summed E-state index contributed by atoms with van der Waals surface area (Å²) in [6.07, 6.45) is 0. The molecule has 0 radical (unpaired) electrons. The van der Waals surface area contributed by atoms with Crippen molar-refractivity contribution in [2.45, 2.75) is 11.8 Å². The maximum atomic E-state index is 13.3. The normalized spacial score (nSPS) is 13.2. The van der Waals surface area contributed by atoms with E-state index in [-0.39, 0.29) is 11.4 Å². The van der Waals surface area contributed by atoms with Crippen LogP contribution in [-0.2, 0) is 19.6 Å². The van der Waals surface area contributed by atoms with E-state index >= 15 is 0 Å². The fourth-order valence-corrected chi connectivity index (χ4v) is 3.05. The molecule has 2 N–H and O–H groups in total. The number of benzene rings is 1. The van der Waals surface area contributed by atoms with Gasteiger partial charge in [0.15, 0.2) is 0 Å². The molecule has 1 rings (SSSR count). The summed E-state index contributed by atoms with van der Waals surface area (Å²) in [5, 5.41) is 0. The minimum atomic E-state index is -3.97. The zero-order chi connectivity index (χ0) is 15.5. The number of carbonyl (C=O) groups excluding carboxylic acids is 1. The summed E-state index contributed by atoms with van der Waals surface area (Å²) in [5.74, 6) is -1.98. The first-order valence-corrected chi connectivity index (χ1v) is 7.24. The van der Waals surface area contributed by atoms with Crippen LogP contribution in [0.15, 0.2) is 23.1 Å². The Labute approximate surface area is 117 Å². The molecule has 0 heterocycles. The molecular weight excluding hydrogens is 287 g/mol. The number of rotatable bonds is 5. The second-order valence-corrected chi connectivity index (χ2v) is 6.37. The van der Waals surface area contributed by atoms with E-state index in [0.29, 0.717) is 0 Å². The van der Waals surface area contributed by atoms with E-state index in [9.17, 15) is 17.6 Å². The number of hydrogen-bond donors (Lipinski definition) is 1. The number of ether oxygens (including phenoxy) is 1. The number of anilines is 1. The van der Waals surface area contributed by atoms with Crippen molar-refractivity contribution < 1.29 is 22.3 Å². The van der Waals surface area contributed by atoms with E-state index in [1.54, 1.807) is 0 Å². The standard InChI is InChI=1S/C12H17FN2O4S/c1-8(12(16)19-3)7-15(2)20(17,18)10-6-4-5-9(13)11(10)14/h4-6,8H,7,14H2,1-3H3. The van der Waals surface area contributed by atoms with Crippen LogP contribution in [0.5, 0.6) is 0 Å². The summed E-state index contributed by atoms with van der Waals surface area (Å²) in [6, 6.07) is 3.55. The Kier molecular flexibility index (Phi) is 5.07. The van der Waals surface area contributed by atoms with Gasteiger partial charge >= 0.3 is 5.97 Å². The van der Waals surface area contributed by atoms with Crippen molar-refractivity contribution >= 4 is 21.7 Å². The van der Waals surface area contributed by atoms with E-state index in [1.165, 1.54) is 33.2 Å². The van der Waals surface area contributed by atoms with Crippen LogP contribution in [0.4, 0.5) is 10.1 Å². The molecule has 0 aliphatic rings. The Bertz CT molecular complexity index is 603. The molecule has 0 aliphatic heterocycles. The lowest BCUT2D eigenvalue weighted by Crippen LogP contribution is -2.34. The number of nitrogen functional groups attached to an aromatic ring is 1. The van der Waals surface area contributed by atoms with Crippen molar-refractivity contribution in [2.24, 2.45) is 5.92 Å². The smallest absolute Gasteiger partial charge is 0.309 e. The Morgan fingerprint density at radius 2 is 2.10 bits per heavy atom. The van der Waals surface area contributed by atoms with Gasteiger partial charge in [-0.15, -0.1) is 0 Å². The van der Waals surface area contributed by atoms with Crippen molar-refractivity contribution in [3.05, 3.63) is 24.0 Å². The third-order valence-electron chi connectivity index (χ3n) is 2.84. The molecule has 6 nitrogen and oxygen atoms in total. The van der Waals surface area contributed by atoms with E-state index in [4.69, 9.17) is 5.73 Å². The fourth-order valence-electron chi connectivity index (χ4n) is 1.67. The summed E-state index contributed by atoms with van der Waals surface area (Å²) >= 11 is 0. The van der Waals surface area contributed by atoms with Crippen molar-refractivity contribution in [1.82, 2.24) is 4.31 Å². The van der Waals surface area contributed by atoms with Crippen molar-refractivity contribution in [1.29, 1.82) is 0 Å². The molecule has 20 heavy (non-hydrogen) atoms. The molecule has 0 aliphatic carbocycles. The molecule has 0 fully saturated rings. The van der Waals surface area contributed by atoms with Gasteiger partial charge in [-0.1, -0.05) is 13.0 Å². The molecule has 1 aromatic carbocycles. The Balaban J connectivity index is 3.05. The van der Waals surface area contributed by atoms with Gasteiger partial charge in [0.1, 0.15) is 10.7 Å². The topological polar surface area (TPSA) is 89.7 Å². The Hall–Kier alpha value is -1.67. The number of methoxy groups -OCH3 is 1. The molecular formula is C12H17FN2O4S. The number of sulfonamides is 1. The molecule has 1 aromatic rings. The predicted molar refractivity (Wildman–Crippen MR) is 71.8 cm³/mol. The Morgan fingerprint density at radius 3 is 2.65 bits per heavy atom. The quantitative estimate of drug-likeness (QED) is 0.643. The van der Waals surface area contributed by atoms with Gasteiger partial charge in [-0.05, 0) is 12.1 Å². The molecule has 0 aromatic heterocycles. The average molecular weight is 304 g/mol. The highest BCUT2D eigenvalue weighted by atomic mass is 32.2. The minimum Gasteiger partial charge on any atom is -0.469 e. The van der Waals surface area contributed by atoms with Gasteiger partial charge in [0.2, 0.25) is 10.0 Å². The van der Waals surface area contributed by atoms with Crippen LogP contribution in [-0.4, -0.2) is 39.4 Å². The van der Waals surface area contributed by atoms with E-state index in [0.717, 1.165) is 10.4 Å². The molecule has 1 atom stereocenters. The molecule has 0 bridgehead atoms. The lowest BCUT2D eigenvalue weighted by atomic mass is 10.2. The highest BCUT2D eigenvalue weighted by molar-refractivity contribution is 7.89. The number of para-hydroxylation sites is 1. The lowest BCUT2D eigenvalue weighted by molar-refractivity contribution is -0.144. The zero-order valence-electron chi connectivity index (χ0n) is 11.5. The van der Waals surface area contributed by atoms with Crippen LogP contribution in [0.2, 0.25) is 0 Å². The lowest BCUT2D eigenvalue weighted by Gasteiger charge is -2.20. The van der Waals surface area contributed by atoms with E-state index < -0.39 is 33.4 Å². The van der Waals surface area contributed by atoms with Crippen LogP contribution in [0.3, 0.4) is 0 Å². The van der Waals surface area contributed by atoms with Crippen LogP contribution in [0.25, 0.3) is 0 Å². The average Bonchev–Trinajstić information content (AvgIpc) is 2.40. The van der Waals surface area contributed by atoms with Crippen LogP contribution >= 0.6 is 0 Å². The number of esters is 1. The molecule has 0 amide bonds. The Morgan fingerprint density at radius 1 is 1.50 bits per heavy atom. The minimum absolute atomic E-state index is 0.0923. The third-order valence-corrected chi connectivity index (χ3v) is 4.72. The predicted octanol–water partition coefficient (Wildman–Crippen LogP) is 0.837. The van der Waals surface area contributed by atoms with Gasteiger partial charge in [0.25, 0.3) is 0 Å². The molecule has 0 spiro atoms. The number of hydrogen-bond acceptors (Lipinski definition) is 5. The number of halogens is 1. The van der Waals surface area contributed by atoms with Gasteiger partial charge < -0.3 is 10.5 Å². The summed E-state index contributed by atoms with van der Waals surface area (Å²) in [7, 11) is -1.46. The highest BCUT2D eigenvalue weighted by Crippen LogP contribution is 2.24. The van der Waals surface area contributed by atoms with E-state index in [2.05, 4.69) is 4.74 Å². The molecule has 0 saturated heterocycles.